The van der Waals surface area contributed by atoms with E-state index >= 15 is 0 Å². The monoisotopic (exact) mass is 287 g/mol. The fourth-order valence-electron chi connectivity index (χ4n) is 1.46. The van der Waals surface area contributed by atoms with Crippen molar-refractivity contribution in [1.29, 1.82) is 0 Å². The lowest BCUT2D eigenvalue weighted by Crippen LogP contribution is -2.38. The molecule has 0 amide bonds. The standard InChI is InChI=1S/C13H19BrFN/c1-4-13(2,3)12(16)7-9-5-6-10(14)8-11(9)15/h5-6,8,12H,4,7,16H2,1-3H3. The summed E-state index contributed by atoms with van der Waals surface area (Å²) in [6.45, 7) is 6.35. The van der Waals surface area contributed by atoms with Crippen molar-refractivity contribution in [3.8, 4) is 0 Å². The van der Waals surface area contributed by atoms with Crippen molar-refractivity contribution in [1.82, 2.24) is 0 Å². The van der Waals surface area contributed by atoms with Crippen molar-refractivity contribution in [3.63, 3.8) is 0 Å². The van der Waals surface area contributed by atoms with Gasteiger partial charge in [0, 0.05) is 10.5 Å². The van der Waals surface area contributed by atoms with Gasteiger partial charge in [-0.15, -0.1) is 0 Å². The molecular formula is C13H19BrFN. The number of halogens is 2. The number of nitrogens with two attached hydrogens (primary N) is 1. The molecule has 1 aromatic rings. The highest BCUT2D eigenvalue weighted by Gasteiger charge is 2.25. The van der Waals surface area contributed by atoms with Crippen LogP contribution in [0.4, 0.5) is 4.39 Å². The Bertz CT molecular complexity index is 363. The molecule has 0 aliphatic carbocycles. The molecule has 0 aliphatic rings. The molecule has 0 heterocycles. The van der Waals surface area contributed by atoms with Crippen LogP contribution in [0.25, 0.3) is 0 Å². The first-order valence-electron chi connectivity index (χ1n) is 5.56. The van der Waals surface area contributed by atoms with Gasteiger partial charge in [0.05, 0.1) is 0 Å². The summed E-state index contributed by atoms with van der Waals surface area (Å²) in [5.41, 5.74) is 6.86. The Morgan fingerprint density at radius 1 is 1.44 bits per heavy atom. The van der Waals surface area contributed by atoms with Crippen molar-refractivity contribution in [2.45, 2.75) is 39.7 Å². The zero-order valence-corrected chi connectivity index (χ0v) is 11.6. The smallest absolute Gasteiger partial charge is 0.127 e. The Labute approximate surface area is 105 Å². The molecule has 1 rings (SSSR count). The van der Waals surface area contributed by atoms with Crippen LogP contribution in [0, 0.1) is 11.2 Å². The topological polar surface area (TPSA) is 26.0 Å². The predicted molar refractivity (Wildman–Crippen MR) is 69.9 cm³/mol. The van der Waals surface area contributed by atoms with Gasteiger partial charge in [-0.25, -0.2) is 4.39 Å². The average molecular weight is 288 g/mol. The number of benzene rings is 1. The van der Waals surface area contributed by atoms with Crippen LogP contribution in [0.15, 0.2) is 22.7 Å². The van der Waals surface area contributed by atoms with E-state index < -0.39 is 0 Å². The van der Waals surface area contributed by atoms with Gasteiger partial charge >= 0.3 is 0 Å². The Morgan fingerprint density at radius 2 is 2.06 bits per heavy atom. The van der Waals surface area contributed by atoms with Gasteiger partial charge in [0.2, 0.25) is 0 Å². The highest BCUT2D eigenvalue weighted by molar-refractivity contribution is 9.10. The van der Waals surface area contributed by atoms with E-state index in [0.29, 0.717) is 12.0 Å². The summed E-state index contributed by atoms with van der Waals surface area (Å²) in [5, 5.41) is 0. The molecule has 1 nitrogen and oxygen atoms in total. The maximum Gasteiger partial charge on any atom is 0.127 e. The molecule has 3 heteroatoms. The SMILES string of the molecule is CCC(C)(C)C(N)Cc1ccc(Br)cc1F. The van der Waals surface area contributed by atoms with Crippen LogP contribution in [0.5, 0.6) is 0 Å². The summed E-state index contributed by atoms with van der Waals surface area (Å²) in [7, 11) is 0. The molecule has 0 spiro atoms. The van der Waals surface area contributed by atoms with Gasteiger partial charge in [0.15, 0.2) is 0 Å². The van der Waals surface area contributed by atoms with Crippen LogP contribution in [-0.2, 0) is 6.42 Å². The first-order valence-corrected chi connectivity index (χ1v) is 6.35. The lowest BCUT2D eigenvalue weighted by atomic mass is 9.79. The van der Waals surface area contributed by atoms with Crippen LogP contribution >= 0.6 is 15.9 Å². The van der Waals surface area contributed by atoms with Crippen molar-refractivity contribution in [2.24, 2.45) is 11.1 Å². The van der Waals surface area contributed by atoms with E-state index in [0.717, 1.165) is 10.9 Å². The van der Waals surface area contributed by atoms with Crippen LogP contribution in [-0.4, -0.2) is 6.04 Å². The number of hydrogen-bond donors (Lipinski definition) is 1. The normalized spacial score (nSPS) is 13.9. The highest BCUT2D eigenvalue weighted by atomic mass is 79.9. The van der Waals surface area contributed by atoms with Gasteiger partial charge in [0.1, 0.15) is 5.82 Å². The van der Waals surface area contributed by atoms with E-state index in [1.54, 1.807) is 6.07 Å². The largest absolute Gasteiger partial charge is 0.327 e. The second-order valence-corrected chi connectivity index (χ2v) is 5.80. The maximum absolute atomic E-state index is 13.6. The fourth-order valence-corrected chi connectivity index (χ4v) is 1.80. The molecule has 16 heavy (non-hydrogen) atoms. The second-order valence-electron chi connectivity index (χ2n) is 4.89. The molecule has 0 fully saturated rings. The zero-order chi connectivity index (χ0) is 12.3. The molecule has 0 bridgehead atoms. The second kappa shape index (κ2) is 5.28. The molecule has 0 saturated carbocycles. The summed E-state index contributed by atoms with van der Waals surface area (Å²) in [6, 6.07) is 5.11. The highest BCUT2D eigenvalue weighted by Crippen LogP contribution is 2.27. The fraction of sp³-hybridized carbons (Fsp3) is 0.538. The molecule has 0 aliphatic heterocycles. The first-order chi connectivity index (χ1) is 7.36. The third kappa shape index (κ3) is 3.29. The Balaban J connectivity index is 2.81. The van der Waals surface area contributed by atoms with E-state index in [4.69, 9.17) is 5.73 Å². The van der Waals surface area contributed by atoms with Gasteiger partial charge in [-0.2, -0.15) is 0 Å². The van der Waals surface area contributed by atoms with Crippen molar-refractivity contribution in [2.75, 3.05) is 0 Å². The van der Waals surface area contributed by atoms with Crippen LogP contribution in [0.2, 0.25) is 0 Å². The van der Waals surface area contributed by atoms with Gasteiger partial charge in [-0.05, 0) is 36.0 Å². The summed E-state index contributed by atoms with van der Waals surface area (Å²) in [6.07, 6.45) is 1.58. The van der Waals surface area contributed by atoms with E-state index in [1.165, 1.54) is 6.07 Å². The van der Waals surface area contributed by atoms with E-state index in [1.807, 2.05) is 6.07 Å². The van der Waals surface area contributed by atoms with Gasteiger partial charge in [-0.1, -0.05) is 42.8 Å². The summed E-state index contributed by atoms with van der Waals surface area (Å²) in [4.78, 5) is 0. The first kappa shape index (κ1) is 13.7. The molecule has 0 aromatic heterocycles. The summed E-state index contributed by atoms with van der Waals surface area (Å²) < 4.78 is 14.4. The maximum atomic E-state index is 13.6. The molecular weight excluding hydrogens is 269 g/mol. The van der Waals surface area contributed by atoms with Crippen molar-refractivity contribution in [3.05, 3.63) is 34.1 Å². The third-order valence-corrected chi connectivity index (χ3v) is 3.86. The molecule has 1 unspecified atom stereocenters. The summed E-state index contributed by atoms with van der Waals surface area (Å²) >= 11 is 3.24. The summed E-state index contributed by atoms with van der Waals surface area (Å²) in [5.74, 6) is -0.184. The van der Waals surface area contributed by atoms with Crippen LogP contribution < -0.4 is 5.73 Å². The van der Waals surface area contributed by atoms with E-state index in [9.17, 15) is 4.39 Å². The van der Waals surface area contributed by atoms with E-state index in [-0.39, 0.29) is 17.3 Å². The minimum Gasteiger partial charge on any atom is -0.327 e. The predicted octanol–water partition coefficient (Wildman–Crippen LogP) is 3.89. The molecule has 0 radical (unpaired) electrons. The molecule has 90 valence electrons. The molecule has 1 aromatic carbocycles. The minimum atomic E-state index is -0.184. The van der Waals surface area contributed by atoms with Crippen molar-refractivity contribution >= 4 is 15.9 Å². The van der Waals surface area contributed by atoms with Gasteiger partial charge in [-0.3, -0.25) is 0 Å². The van der Waals surface area contributed by atoms with Crippen LogP contribution in [0.3, 0.4) is 0 Å². The van der Waals surface area contributed by atoms with Crippen molar-refractivity contribution < 1.29 is 4.39 Å². The molecule has 0 saturated heterocycles. The molecule has 1 atom stereocenters. The Morgan fingerprint density at radius 3 is 2.56 bits per heavy atom. The van der Waals surface area contributed by atoms with Crippen LogP contribution in [0.1, 0.15) is 32.8 Å². The van der Waals surface area contributed by atoms with Gasteiger partial charge in [0.25, 0.3) is 0 Å². The third-order valence-electron chi connectivity index (χ3n) is 3.37. The quantitative estimate of drug-likeness (QED) is 0.893. The minimum absolute atomic E-state index is 0.0202. The Kier molecular flexibility index (Phi) is 4.51. The zero-order valence-electron chi connectivity index (χ0n) is 10.1. The lowest BCUT2D eigenvalue weighted by molar-refractivity contribution is 0.271. The number of rotatable bonds is 4. The average Bonchev–Trinajstić information content (AvgIpc) is 2.22. The Hall–Kier alpha value is -0.410. The number of hydrogen-bond acceptors (Lipinski definition) is 1. The van der Waals surface area contributed by atoms with Gasteiger partial charge < -0.3 is 5.73 Å². The molecule has 2 N–H and O–H groups in total. The van der Waals surface area contributed by atoms with E-state index in [2.05, 4.69) is 36.7 Å². The lowest BCUT2D eigenvalue weighted by Gasteiger charge is -2.30.